The maximum Gasteiger partial charge on any atom is 0.0766 e. The van der Waals surface area contributed by atoms with E-state index in [1.165, 1.54) is 77.7 Å². The quantitative estimate of drug-likeness (QED) is 0.559. The van der Waals surface area contributed by atoms with Crippen LogP contribution in [0.4, 0.5) is 0 Å². The average molecular weight is 287 g/mol. The molecule has 1 N–H and O–H groups in total. The minimum Gasteiger partial charge on any atom is -0.550 e. The molecule has 0 spiro atoms. The molecule has 0 saturated heterocycles. The number of carbonyl (C=O) groups excluding carboxylic acids is 1. The van der Waals surface area contributed by atoms with E-state index in [0.29, 0.717) is 0 Å². The molecule has 0 aromatic rings. The van der Waals surface area contributed by atoms with Crippen molar-refractivity contribution in [1.29, 1.82) is 0 Å². The largest absolute Gasteiger partial charge is 0.550 e. The highest BCUT2D eigenvalue weighted by atomic mass is 16.4. The molecule has 0 rings (SSSR count). The molecule has 3 heteroatoms. The molecule has 0 bridgehead atoms. The molecule has 0 aliphatic rings. The monoisotopic (exact) mass is 287 g/mol. The van der Waals surface area contributed by atoms with Crippen LogP contribution >= 0.6 is 0 Å². The highest BCUT2D eigenvalue weighted by Gasteiger charge is 1.94. The number of hydrogen-bond acceptors (Lipinski definition) is 2. The lowest BCUT2D eigenvalue weighted by molar-refractivity contribution is -0.858. The number of hydrogen-bond donors (Lipinski definition) is 1. The van der Waals surface area contributed by atoms with Gasteiger partial charge >= 0.3 is 0 Å². The molecule has 0 aromatic carbocycles. The van der Waals surface area contributed by atoms with Gasteiger partial charge in [-0.05, 0) is 19.3 Å². The predicted octanol–water partition coefficient (Wildman–Crippen LogP) is 2.20. The molecule has 0 fully saturated rings. The summed E-state index contributed by atoms with van der Waals surface area (Å²) in [5, 5.41) is 9.26. The van der Waals surface area contributed by atoms with Gasteiger partial charge in [-0.2, -0.15) is 0 Å². The smallest absolute Gasteiger partial charge is 0.0766 e. The van der Waals surface area contributed by atoms with E-state index >= 15 is 0 Å². The first-order valence-corrected chi connectivity index (χ1v) is 8.53. The SMILES string of the molecule is CCC(=O)[O-].CCCCCCCCCCCC[NH+](C)C. The summed E-state index contributed by atoms with van der Waals surface area (Å²) in [4.78, 5) is 10.8. The highest BCUT2D eigenvalue weighted by molar-refractivity contribution is 5.63. The number of carboxylic acid groups (broad SMARTS) is 1. The highest BCUT2D eigenvalue weighted by Crippen LogP contribution is 2.09. The van der Waals surface area contributed by atoms with Crippen molar-refractivity contribution < 1.29 is 14.8 Å². The normalized spacial score (nSPS) is 10.2. The van der Waals surface area contributed by atoms with Gasteiger partial charge in [-0.15, -0.1) is 0 Å². The molecule has 0 unspecified atom stereocenters. The van der Waals surface area contributed by atoms with Crippen LogP contribution in [0.2, 0.25) is 0 Å². The Hall–Kier alpha value is -0.570. The Labute approximate surface area is 126 Å². The van der Waals surface area contributed by atoms with E-state index in [9.17, 15) is 9.90 Å². The Bertz CT molecular complexity index is 193. The van der Waals surface area contributed by atoms with Gasteiger partial charge in [-0.1, -0.05) is 65.2 Å². The van der Waals surface area contributed by atoms with Crippen LogP contribution in [0, 0.1) is 0 Å². The third-order valence-corrected chi connectivity index (χ3v) is 3.32. The molecular weight excluding hydrogens is 250 g/mol. The Kier molecular flexibility index (Phi) is 20.0. The lowest BCUT2D eigenvalue weighted by Crippen LogP contribution is -3.05. The number of nitrogens with one attached hydrogen (secondary N) is 1. The molecule has 3 nitrogen and oxygen atoms in total. The average Bonchev–Trinajstić information content (AvgIpc) is 2.41. The van der Waals surface area contributed by atoms with Crippen LogP contribution in [0.1, 0.15) is 84.5 Å². The van der Waals surface area contributed by atoms with Gasteiger partial charge in [-0.25, -0.2) is 0 Å². The molecule has 122 valence electrons. The van der Waals surface area contributed by atoms with E-state index in [4.69, 9.17) is 0 Å². The van der Waals surface area contributed by atoms with Crippen molar-refractivity contribution in [2.45, 2.75) is 84.5 Å². The van der Waals surface area contributed by atoms with Gasteiger partial charge in [0, 0.05) is 5.97 Å². The second-order valence-corrected chi connectivity index (χ2v) is 5.86. The van der Waals surface area contributed by atoms with Crippen LogP contribution < -0.4 is 10.0 Å². The molecule has 0 aromatic heterocycles. The number of carbonyl (C=O) groups is 1. The maximum atomic E-state index is 9.26. The van der Waals surface area contributed by atoms with E-state index in [1.807, 2.05) is 0 Å². The number of aliphatic carboxylic acids is 1. The number of rotatable bonds is 12. The van der Waals surface area contributed by atoms with Crippen LogP contribution in [0.15, 0.2) is 0 Å². The van der Waals surface area contributed by atoms with E-state index < -0.39 is 5.97 Å². The fourth-order valence-corrected chi connectivity index (χ4v) is 1.97. The molecule has 0 atom stereocenters. The zero-order valence-corrected chi connectivity index (χ0v) is 14.3. The van der Waals surface area contributed by atoms with Crippen LogP contribution in [0.3, 0.4) is 0 Å². The van der Waals surface area contributed by atoms with Crippen LogP contribution in [0.5, 0.6) is 0 Å². The van der Waals surface area contributed by atoms with E-state index in [1.54, 1.807) is 4.90 Å². The summed E-state index contributed by atoms with van der Waals surface area (Å²) in [7, 11) is 4.49. The minimum absolute atomic E-state index is 0.111. The molecule has 0 aliphatic heterocycles. The fourth-order valence-electron chi connectivity index (χ4n) is 1.97. The summed E-state index contributed by atoms with van der Waals surface area (Å²) in [6.07, 6.45) is 14.6. The van der Waals surface area contributed by atoms with E-state index in [-0.39, 0.29) is 6.42 Å². The Morgan fingerprint density at radius 1 is 0.800 bits per heavy atom. The van der Waals surface area contributed by atoms with Crippen molar-refractivity contribution in [3.05, 3.63) is 0 Å². The second-order valence-electron chi connectivity index (χ2n) is 5.86. The molecule has 0 aliphatic carbocycles. The van der Waals surface area contributed by atoms with Gasteiger partial charge in [0.15, 0.2) is 0 Å². The van der Waals surface area contributed by atoms with Crippen molar-refractivity contribution in [3.63, 3.8) is 0 Å². The first-order valence-electron chi connectivity index (χ1n) is 8.53. The molecule has 0 amide bonds. The number of carboxylic acids is 1. The number of quaternary nitrogens is 1. The Morgan fingerprint density at radius 2 is 1.15 bits per heavy atom. The van der Waals surface area contributed by atoms with Crippen molar-refractivity contribution in [3.8, 4) is 0 Å². The topological polar surface area (TPSA) is 44.6 Å². The van der Waals surface area contributed by atoms with Gasteiger partial charge in [0.2, 0.25) is 0 Å². The van der Waals surface area contributed by atoms with Crippen molar-refractivity contribution in [1.82, 2.24) is 0 Å². The fraction of sp³-hybridized carbons (Fsp3) is 0.941. The van der Waals surface area contributed by atoms with Gasteiger partial charge in [0.05, 0.1) is 20.6 Å². The summed E-state index contributed by atoms with van der Waals surface area (Å²) in [6.45, 7) is 5.17. The zero-order chi connectivity index (χ0) is 15.6. The van der Waals surface area contributed by atoms with Gasteiger partial charge in [-0.3, -0.25) is 0 Å². The van der Waals surface area contributed by atoms with Gasteiger partial charge in [0.1, 0.15) is 0 Å². The van der Waals surface area contributed by atoms with Crippen LogP contribution in [0.25, 0.3) is 0 Å². The number of unbranched alkanes of at least 4 members (excludes halogenated alkanes) is 9. The third-order valence-electron chi connectivity index (χ3n) is 3.32. The standard InChI is InChI=1S/C14H31N.C3H6O2/c1-4-5-6-7-8-9-10-11-12-13-14-15(2)3;1-2-3(4)5/h4-14H2,1-3H3;2H2,1H3,(H,4,5). The van der Waals surface area contributed by atoms with Crippen LogP contribution in [-0.4, -0.2) is 26.6 Å². The lowest BCUT2D eigenvalue weighted by atomic mass is 10.1. The summed E-state index contributed by atoms with van der Waals surface area (Å²) in [6, 6.07) is 0. The first-order chi connectivity index (χ1) is 9.54. The van der Waals surface area contributed by atoms with Crippen LogP contribution in [-0.2, 0) is 4.79 Å². The molecule has 0 saturated carbocycles. The van der Waals surface area contributed by atoms with Crippen molar-refractivity contribution >= 4 is 5.97 Å². The van der Waals surface area contributed by atoms with Crippen molar-refractivity contribution in [2.24, 2.45) is 0 Å². The van der Waals surface area contributed by atoms with Gasteiger partial charge in [0.25, 0.3) is 0 Å². The minimum atomic E-state index is -0.995. The summed E-state index contributed by atoms with van der Waals surface area (Å²) in [5.41, 5.74) is 0. The predicted molar refractivity (Wildman–Crippen MR) is 84.8 cm³/mol. The summed E-state index contributed by atoms with van der Waals surface area (Å²) in [5.74, 6) is -0.995. The summed E-state index contributed by atoms with van der Waals surface area (Å²) < 4.78 is 0. The second kappa shape index (κ2) is 18.4. The maximum absolute atomic E-state index is 9.26. The Balaban J connectivity index is 0. The lowest BCUT2D eigenvalue weighted by Gasteiger charge is -2.06. The zero-order valence-electron chi connectivity index (χ0n) is 14.3. The molecule has 0 heterocycles. The van der Waals surface area contributed by atoms with E-state index in [0.717, 1.165) is 0 Å². The molecule has 20 heavy (non-hydrogen) atoms. The molecule has 0 radical (unpaired) electrons. The summed E-state index contributed by atoms with van der Waals surface area (Å²) >= 11 is 0. The van der Waals surface area contributed by atoms with E-state index in [2.05, 4.69) is 21.0 Å². The third kappa shape index (κ3) is 26.1. The Morgan fingerprint density at radius 3 is 1.45 bits per heavy atom. The molecular formula is C17H37NO2. The van der Waals surface area contributed by atoms with Crippen molar-refractivity contribution in [2.75, 3.05) is 20.6 Å². The van der Waals surface area contributed by atoms with Gasteiger partial charge < -0.3 is 14.8 Å². The first kappa shape index (κ1) is 21.7.